The fourth-order valence-electron chi connectivity index (χ4n) is 5.08. The summed E-state index contributed by atoms with van der Waals surface area (Å²) < 4.78 is 7.72. The maximum atomic E-state index is 12.8. The number of likely N-dealkylation sites (tertiary alicyclic amines) is 1. The van der Waals surface area contributed by atoms with Gasteiger partial charge in [-0.15, -0.1) is 0 Å². The topological polar surface area (TPSA) is 112 Å². The molecular formula is C27H24ClN7O2. The van der Waals surface area contributed by atoms with Crippen molar-refractivity contribution in [2.75, 3.05) is 12.3 Å². The Morgan fingerprint density at radius 1 is 1.14 bits per heavy atom. The number of aromatic nitrogens is 5. The van der Waals surface area contributed by atoms with Crippen molar-refractivity contribution in [3.8, 4) is 34.7 Å². The summed E-state index contributed by atoms with van der Waals surface area (Å²) in [5.74, 6) is 6.78. The minimum atomic E-state index is -0.124. The predicted octanol–water partition coefficient (Wildman–Crippen LogP) is 4.64. The molecule has 1 atom stereocenters. The molecule has 3 aromatic heterocycles. The molecule has 4 heterocycles. The Morgan fingerprint density at radius 3 is 2.65 bits per heavy atom. The molecule has 2 N–H and O–H groups in total. The van der Waals surface area contributed by atoms with Crippen molar-refractivity contribution < 1.29 is 9.53 Å². The van der Waals surface area contributed by atoms with Gasteiger partial charge in [-0.3, -0.25) is 4.79 Å². The first-order valence-corrected chi connectivity index (χ1v) is 12.5. The minimum absolute atomic E-state index is 0.0435. The fraction of sp³-hybridized carbons (Fsp3) is 0.296. The van der Waals surface area contributed by atoms with Crippen LogP contribution in [0, 0.1) is 11.8 Å². The lowest BCUT2D eigenvalue weighted by Gasteiger charge is -2.39. The number of nitrogens with two attached hydrogens (primary N) is 1. The molecule has 1 aromatic carbocycles. The zero-order valence-corrected chi connectivity index (χ0v) is 20.9. The third-order valence-electron chi connectivity index (χ3n) is 7.13. The van der Waals surface area contributed by atoms with Crippen LogP contribution in [-0.2, 0) is 4.79 Å². The molecule has 10 heteroatoms. The molecule has 9 nitrogen and oxygen atoms in total. The average molecular weight is 514 g/mol. The van der Waals surface area contributed by atoms with Crippen molar-refractivity contribution in [1.29, 1.82) is 0 Å². The molecule has 2 fully saturated rings. The quantitative estimate of drug-likeness (QED) is 0.396. The smallest absolute Gasteiger partial charge is 0.298 e. The van der Waals surface area contributed by atoms with E-state index in [-0.39, 0.29) is 17.5 Å². The van der Waals surface area contributed by atoms with Crippen molar-refractivity contribution in [3.63, 3.8) is 0 Å². The second kappa shape index (κ2) is 9.05. The fourth-order valence-corrected chi connectivity index (χ4v) is 5.19. The van der Waals surface area contributed by atoms with Gasteiger partial charge < -0.3 is 15.4 Å². The molecule has 1 aliphatic heterocycles. The number of hydrogen-bond acceptors (Lipinski definition) is 7. The molecule has 0 radical (unpaired) electrons. The van der Waals surface area contributed by atoms with Crippen molar-refractivity contribution in [1.82, 2.24) is 29.6 Å². The Morgan fingerprint density at radius 2 is 1.95 bits per heavy atom. The normalized spacial score (nSPS) is 17.9. The van der Waals surface area contributed by atoms with Gasteiger partial charge in [0.05, 0.1) is 16.5 Å². The molecule has 1 amide bonds. The van der Waals surface area contributed by atoms with E-state index in [0.717, 1.165) is 31.2 Å². The van der Waals surface area contributed by atoms with Crippen LogP contribution < -0.4 is 10.5 Å². The molecule has 0 unspecified atom stereocenters. The van der Waals surface area contributed by atoms with E-state index in [9.17, 15) is 4.79 Å². The zero-order chi connectivity index (χ0) is 25.6. The van der Waals surface area contributed by atoms with E-state index in [1.54, 1.807) is 19.1 Å². The van der Waals surface area contributed by atoms with E-state index in [4.69, 9.17) is 27.2 Å². The molecule has 1 spiro atoms. The molecule has 0 bridgehead atoms. The zero-order valence-electron chi connectivity index (χ0n) is 20.2. The third kappa shape index (κ3) is 4.23. The van der Waals surface area contributed by atoms with Gasteiger partial charge in [0.25, 0.3) is 5.91 Å². The maximum absolute atomic E-state index is 12.8. The van der Waals surface area contributed by atoms with Gasteiger partial charge in [0.1, 0.15) is 23.6 Å². The van der Waals surface area contributed by atoms with Crippen LogP contribution in [0.4, 0.5) is 5.82 Å². The van der Waals surface area contributed by atoms with Gasteiger partial charge in [-0.2, -0.15) is 5.10 Å². The van der Waals surface area contributed by atoms with E-state index >= 15 is 0 Å². The Labute approximate surface area is 218 Å². The summed E-state index contributed by atoms with van der Waals surface area (Å²) in [5, 5.41) is 6.20. The molecule has 4 aromatic rings. The molecule has 6 rings (SSSR count). The van der Waals surface area contributed by atoms with Crippen molar-refractivity contribution in [2.45, 2.75) is 44.2 Å². The number of nitrogens with zero attached hydrogens (tertiary/aromatic N) is 6. The second-order valence-electron chi connectivity index (χ2n) is 9.40. The number of amides is 1. The summed E-state index contributed by atoms with van der Waals surface area (Å²) in [5.41, 5.74) is 8.45. The Balaban J connectivity index is 1.33. The van der Waals surface area contributed by atoms with E-state index in [1.807, 2.05) is 33.8 Å². The first-order valence-electron chi connectivity index (χ1n) is 12.1. The van der Waals surface area contributed by atoms with Crippen LogP contribution in [0.2, 0.25) is 5.02 Å². The predicted molar refractivity (Wildman–Crippen MR) is 140 cm³/mol. The summed E-state index contributed by atoms with van der Waals surface area (Å²) >= 11 is 5.90. The average Bonchev–Trinajstić information content (AvgIpc) is 3.56. The first kappa shape index (κ1) is 23.3. The number of hydrogen-bond donors (Lipinski definition) is 1. The van der Waals surface area contributed by atoms with Crippen molar-refractivity contribution in [3.05, 3.63) is 53.9 Å². The third-order valence-corrected chi connectivity index (χ3v) is 7.35. The number of nitrogen functional groups attached to an aromatic ring is 1. The Hall–Kier alpha value is -4.16. The second-order valence-corrected chi connectivity index (χ2v) is 9.84. The van der Waals surface area contributed by atoms with Crippen molar-refractivity contribution in [2.24, 2.45) is 0 Å². The highest BCUT2D eigenvalue weighted by atomic mass is 35.5. The van der Waals surface area contributed by atoms with Crippen LogP contribution in [0.15, 0.2) is 48.9 Å². The summed E-state index contributed by atoms with van der Waals surface area (Å²) in [6.07, 6.45) is 6.84. The van der Waals surface area contributed by atoms with Crippen LogP contribution in [0.5, 0.6) is 11.6 Å². The number of halogens is 1. The standard InChI is InChI=1S/C27H24ClN7O2/c1-2-3-22(36)34-15-19(10-11-27(34)12-13-27)35-26-23(25(29)31-16-32-26)24(33-35)17-4-7-20(8-5-17)37-21-9-6-18(28)14-30-21/h4-9,14,16,19H,10-13,15H2,1H3,(H2,29,31,32)/t19-/m0/s1. The van der Waals surface area contributed by atoms with Crippen LogP contribution in [0.3, 0.4) is 0 Å². The van der Waals surface area contributed by atoms with Crippen LogP contribution >= 0.6 is 11.6 Å². The Bertz CT molecular complexity index is 1550. The highest BCUT2D eigenvalue weighted by Crippen LogP contribution is 2.50. The molecule has 1 aliphatic carbocycles. The summed E-state index contributed by atoms with van der Waals surface area (Å²) in [6, 6.07) is 10.9. The van der Waals surface area contributed by atoms with Crippen LogP contribution in [-0.4, -0.2) is 47.6 Å². The largest absolute Gasteiger partial charge is 0.439 e. The van der Waals surface area contributed by atoms with E-state index in [1.165, 1.54) is 12.5 Å². The number of ether oxygens (including phenoxy) is 1. The van der Waals surface area contributed by atoms with Gasteiger partial charge in [0.2, 0.25) is 5.88 Å². The minimum Gasteiger partial charge on any atom is -0.439 e. The number of anilines is 1. The van der Waals surface area contributed by atoms with Gasteiger partial charge in [-0.1, -0.05) is 17.5 Å². The maximum Gasteiger partial charge on any atom is 0.298 e. The molecule has 37 heavy (non-hydrogen) atoms. The first-order chi connectivity index (χ1) is 18.0. The molecular weight excluding hydrogens is 490 g/mol. The lowest BCUT2D eigenvalue weighted by atomic mass is 9.96. The van der Waals surface area contributed by atoms with Gasteiger partial charge in [-0.25, -0.2) is 19.6 Å². The van der Waals surface area contributed by atoms with E-state index in [0.29, 0.717) is 45.7 Å². The van der Waals surface area contributed by atoms with Gasteiger partial charge >= 0.3 is 0 Å². The van der Waals surface area contributed by atoms with E-state index < -0.39 is 0 Å². The molecule has 1 saturated carbocycles. The number of benzene rings is 1. The molecule has 186 valence electrons. The number of fused-ring (bicyclic) bond motifs is 1. The number of carbonyl (C=O) groups is 1. The SMILES string of the molecule is CC#CC(=O)N1C[C@@H](n2nc(-c3ccc(Oc4ccc(Cl)cn4)cc3)c3c(N)ncnc32)CCC12CC2. The van der Waals surface area contributed by atoms with Crippen LogP contribution in [0.25, 0.3) is 22.3 Å². The van der Waals surface area contributed by atoms with Crippen molar-refractivity contribution >= 4 is 34.4 Å². The number of rotatable bonds is 4. The van der Waals surface area contributed by atoms with E-state index in [2.05, 4.69) is 26.8 Å². The summed E-state index contributed by atoms with van der Waals surface area (Å²) in [4.78, 5) is 27.7. The number of carbonyl (C=O) groups excluding carboxylic acids is 1. The van der Waals surface area contributed by atoms with Gasteiger partial charge in [0, 0.05) is 29.9 Å². The number of pyridine rings is 1. The Kier molecular flexibility index (Phi) is 5.69. The lowest BCUT2D eigenvalue weighted by molar-refractivity contribution is -0.130. The van der Waals surface area contributed by atoms with Gasteiger partial charge in [0.15, 0.2) is 5.65 Å². The van der Waals surface area contributed by atoms with Crippen LogP contribution in [0.1, 0.15) is 38.6 Å². The lowest BCUT2D eigenvalue weighted by Crippen LogP contribution is -2.48. The molecule has 2 aliphatic rings. The highest BCUT2D eigenvalue weighted by Gasteiger charge is 2.53. The summed E-state index contributed by atoms with van der Waals surface area (Å²) in [6.45, 7) is 2.22. The molecule has 1 saturated heterocycles. The highest BCUT2D eigenvalue weighted by molar-refractivity contribution is 6.30. The monoisotopic (exact) mass is 513 g/mol. The summed E-state index contributed by atoms with van der Waals surface area (Å²) in [7, 11) is 0. The number of piperidine rings is 1. The van der Waals surface area contributed by atoms with Gasteiger partial charge in [-0.05, 0) is 68.9 Å².